The molecule has 0 aliphatic carbocycles. The van der Waals surface area contributed by atoms with Gasteiger partial charge in [0.25, 0.3) is 0 Å². The lowest BCUT2D eigenvalue weighted by Gasteiger charge is -2.37. The van der Waals surface area contributed by atoms with Crippen molar-refractivity contribution < 1.29 is 0 Å². The van der Waals surface area contributed by atoms with E-state index < -0.39 is 0 Å². The second-order valence-electron chi connectivity index (χ2n) is 6.26. The van der Waals surface area contributed by atoms with Crippen molar-refractivity contribution in [3.63, 3.8) is 0 Å². The predicted molar refractivity (Wildman–Crippen MR) is 104 cm³/mol. The Kier molecular flexibility index (Phi) is 4.70. The van der Waals surface area contributed by atoms with Crippen LogP contribution in [0.4, 0.5) is 5.82 Å². The molecule has 4 rings (SSSR count). The first-order valence-corrected chi connectivity index (χ1v) is 9.15. The molecule has 0 spiro atoms. The highest BCUT2D eigenvalue weighted by atomic mass is 35.5. The third-order valence-corrected chi connectivity index (χ3v) is 5.48. The molecule has 0 radical (unpaired) electrons. The summed E-state index contributed by atoms with van der Waals surface area (Å²) in [6.07, 6.45) is 2.32. The van der Waals surface area contributed by atoms with Crippen LogP contribution in [0.1, 0.15) is 5.56 Å². The van der Waals surface area contributed by atoms with Gasteiger partial charge in [0.05, 0.1) is 10.0 Å². The Balaban J connectivity index is 1.39. The third kappa shape index (κ3) is 3.34. The number of piperazine rings is 1. The molecule has 3 heterocycles. The summed E-state index contributed by atoms with van der Waals surface area (Å²) in [7, 11) is 0. The first-order valence-electron chi connectivity index (χ1n) is 8.39. The molecule has 1 saturated heterocycles. The molecule has 6 nitrogen and oxygen atoms in total. The zero-order valence-corrected chi connectivity index (χ0v) is 15.7. The number of nitrogens with zero attached hydrogens (tertiary/aromatic N) is 6. The monoisotopic (exact) mass is 388 g/mol. The van der Waals surface area contributed by atoms with Crippen LogP contribution in [0.5, 0.6) is 0 Å². The van der Waals surface area contributed by atoms with E-state index in [1.54, 1.807) is 16.9 Å². The summed E-state index contributed by atoms with van der Waals surface area (Å²) in [5.41, 5.74) is 2.81. The van der Waals surface area contributed by atoms with Crippen molar-refractivity contribution in [3.8, 4) is 0 Å². The van der Waals surface area contributed by atoms with Gasteiger partial charge in [0, 0.05) is 38.3 Å². The lowest BCUT2D eigenvalue weighted by Crippen LogP contribution is -2.46. The SMILES string of the molecule is C=C(Cc1cccc(Cl)c1Cl)N1CCN(c2ccc3nncn3n2)CC1. The summed E-state index contributed by atoms with van der Waals surface area (Å²) < 4.78 is 1.70. The molecule has 134 valence electrons. The molecule has 2 aromatic heterocycles. The molecular weight excluding hydrogens is 371 g/mol. The number of fused-ring (bicyclic) bond motifs is 1. The number of allylic oxidation sites excluding steroid dienone is 1. The van der Waals surface area contributed by atoms with E-state index in [0.717, 1.165) is 48.9 Å². The van der Waals surface area contributed by atoms with E-state index in [2.05, 4.69) is 31.7 Å². The zero-order chi connectivity index (χ0) is 18.1. The first kappa shape index (κ1) is 17.1. The smallest absolute Gasteiger partial charge is 0.177 e. The van der Waals surface area contributed by atoms with E-state index >= 15 is 0 Å². The molecule has 1 fully saturated rings. The van der Waals surface area contributed by atoms with Gasteiger partial charge in [-0.05, 0) is 23.8 Å². The molecule has 1 aliphatic rings. The fourth-order valence-electron chi connectivity index (χ4n) is 3.16. The van der Waals surface area contributed by atoms with Crippen LogP contribution in [0.25, 0.3) is 5.65 Å². The predicted octanol–water partition coefficient (Wildman–Crippen LogP) is 3.31. The fraction of sp³-hybridized carbons (Fsp3) is 0.278. The minimum atomic E-state index is 0.581. The normalized spacial score (nSPS) is 14.8. The Hall–Kier alpha value is -2.31. The molecular formula is C18H18Cl2N6. The fourth-order valence-corrected chi connectivity index (χ4v) is 3.54. The molecule has 0 atom stereocenters. The number of anilines is 1. The second kappa shape index (κ2) is 7.13. The van der Waals surface area contributed by atoms with Crippen LogP contribution >= 0.6 is 23.2 Å². The Bertz CT molecular complexity index is 946. The average molecular weight is 389 g/mol. The van der Waals surface area contributed by atoms with E-state index in [9.17, 15) is 0 Å². The molecule has 0 saturated carbocycles. The van der Waals surface area contributed by atoms with Crippen LogP contribution in [0, 0.1) is 0 Å². The maximum absolute atomic E-state index is 6.30. The van der Waals surface area contributed by atoms with Crippen LogP contribution in [0.15, 0.2) is 48.9 Å². The van der Waals surface area contributed by atoms with Gasteiger partial charge in [0.2, 0.25) is 0 Å². The van der Waals surface area contributed by atoms with Gasteiger partial charge in [-0.1, -0.05) is 41.9 Å². The van der Waals surface area contributed by atoms with Crippen molar-refractivity contribution in [2.75, 3.05) is 31.1 Å². The Labute approximate surface area is 161 Å². The van der Waals surface area contributed by atoms with E-state index in [0.29, 0.717) is 16.5 Å². The van der Waals surface area contributed by atoms with E-state index in [-0.39, 0.29) is 0 Å². The maximum Gasteiger partial charge on any atom is 0.177 e. The summed E-state index contributed by atoms with van der Waals surface area (Å²) in [4.78, 5) is 4.56. The topological polar surface area (TPSA) is 49.6 Å². The Morgan fingerprint density at radius 2 is 1.88 bits per heavy atom. The summed E-state index contributed by atoms with van der Waals surface area (Å²) in [5.74, 6) is 0.931. The van der Waals surface area contributed by atoms with Gasteiger partial charge < -0.3 is 9.80 Å². The number of hydrogen-bond acceptors (Lipinski definition) is 5. The van der Waals surface area contributed by atoms with Crippen LogP contribution in [-0.2, 0) is 6.42 Å². The second-order valence-corrected chi connectivity index (χ2v) is 7.04. The first-order chi connectivity index (χ1) is 12.6. The molecule has 0 bridgehead atoms. The summed E-state index contributed by atoms with van der Waals surface area (Å²) in [5, 5.41) is 13.6. The minimum Gasteiger partial charge on any atom is -0.371 e. The van der Waals surface area contributed by atoms with Crippen LogP contribution in [0.2, 0.25) is 10.0 Å². The van der Waals surface area contributed by atoms with Gasteiger partial charge >= 0.3 is 0 Å². The van der Waals surface area contributed by atoms with Gasteiger partial charge in [-0.2, -0.15) is 4.52 Å². The third-order valence-electron chi connectivity index (χ3n) is 4.62. The summed E-state index contributed by atoms with van der Waals surface area (Å²) in [6.45, 7) is 7.78. The van der Waals surface area contributed by atoms with Crippen molar-refractivity contribution in [2.24, 2.45) is 0 Å². The van der Waals surface area contributed by atoms with Gasteiger partial charge in [0.1, 0.15) is 12.1 Å². The molecule has 0 N–H and O–H groups in total. The highest BCUT2D eigenvalue weighted by Gasteiger charge is 2.20. The van der Waals surface area contributed by atoms with Crippen molar-refractivity contribution in [1.82, 2.24) is 24.7 Å². The number of benzene rings is 1. The van der Waals surface area contributed by atoms with Crippen LogP contribution in [-0.4, -0.2) is 50.9 Å². The van der Waals surface area contributed by atoms with Crippen LogP contribution < -0.4 is 4.90 Å². The number of aromatic nitrogens is 4. The lowest BCUT2D eigenvalue weighted by atomic mass is 10.1. The molecule has 0 unspecified atom stereocenters. The highest BCUT2D eigenvalue weighted by Crippen LogP contribution is 2.28. The Morgan fingerprint density at radius 3 is 2.69 bits per heavy atom. The van der Waals surface area contributed by atoms with Crippen molar-refractivity contribution in [3.05, 3.63) is 64.5 Å². The number of rotatable bonds is 4. The lowest BCUT2D eigenvalue weighted by molar-refractivity contribution is 0.315. The van der Waals surface area contributed by atoms with E-state index in [1.807, 2.05) is 24.3 Å². The summed E-state index contributed by atoms with van der Waals surface area (Å²) in [6, 6.07) is 9.63. The van der Waals surface area contributed by atoms with Gasteiger partial charge in [0.15, 0.2) is 5.65 Å². The van der Waals surface area contributed by atoms with Gasteiger partial charge in [-0.15, -0.1) is 15.3 Å². The highest BCUT2D eigenvalue weighted by molar-refractivity contribution is 6.42. The van der Waals surface area contributed by atoms with Crippen molar-refractivity contribution in [1.29, 1.82) is 0 Å². The molecule has 26 heavy (non-hydrogen) atoms. The van der Waals surface area contributed by atoms with E-state index in [4.69, 9.17) is 23.2 Å². The van der Waals surface area contributed by atoms with Crippen molar-refractivity contribution >= 4 is 34.7 Å². The molecule has 8 heteroatoms. The number of halogens is 2. The zero-order valence-electron chi connectivity index (χ0n) is 14.1. The van der Waals surface area contributed by atoms with Crippen molar-refractivity contribution in [2.45, 2.75) is 6.42 Å². The van der Waals surface area contributed by atoms with E-state index in [1.165, 1.54) is 0 Å². The minimum absolute atomic E-state index is 0.581. The largest absolute Gasteiger partial charge is 0.371 e. The molecule has 1 aliphatic heterocycles. The molecule has 1 aromatic carbocycles. The standard InChI is InChI=1S/C18H18Cl2N6/c1-13(11-14-3-2-4-15(19)18(14)20)24-7-9-25(10-8-24)17-6-5-16-22-21-12-26(16)23-17/h2-6,12H,1,7-11H2. The van der Waals surface area contributed by atoms with Gasteiger partial charge in [-0.3, -0.25) is 0 Å². The Morgan fingerprint density at radius 1 is 1.08 bits per heavy atom. The molecule has 3 aromatic rings. The number of hydrogen-bond donors (Lipinski definition) is 0. The van der Waals surface area contributed by atoms with Gasteiger partial charge in [-0.25, -0.2) is 0 Å². The average Bonchev–Trinajstić information content (AvgIpc) is 3.13. The quantitative estimate of drug-likeness (QED) is 0.685. The van der Waals surface area contributed by atoms with Crippen LogP contribution in [0.3, 0.4) is 0 Å². The maximum atomic E-state index is 6.30. The summed E-state index contributed by atoms with van der Waals surface area (Å²) >= 11 is 12.4. The molecule has 0 amide bonds.